The molecule has 0 spiro atoms. The topological polar surface area (TPSA) is 51.0 Å². The normalized spacial score (nSPS) is 12.6. The summed E-state index contributed by atoms with van der Waals surface area (Å²) in [5, 5.41) is 6.78. The van der Waals surface area contributed by atoms with Crippen molar-refractivity contribution < 1.29 is 8.91 Å². The quantitative estimate of drug-likeness (QED) is 0.858. The molecule has 84 valence electrons. The minimum atomic E-state index is -0.212. The Hall–Kier alpha value is -1.75. The molecule has 16 heavy (non-hydrogen) atoms. The van der Waals surface area contributed by atoms with Crippen molar-refractivity contribution in [3.63, 3.8) is 0 Å². The lowest BCUT2D eigenvalue weighted by atomic mass is 10.1. The first-order valence-electron chi connectivity index (χ1n) is 5.00. The molecule has 2 rings (SSSR count). The van der Waals surface area contributed by atoms with Crippen LogP contribution in [0.1, 0.15) is 24.4 Å². The summed E-state index contributed by atoms with van der Waals surface area (Å²) in [6, 6.07) is 6.58. The van der Waals surface area contributed by atoms with Crippen molar-refractivity contribution in [1.82, 2.24) is 15.5 Å². The number of halogens is 1. The molecule has 1 aromatic heterocycles. The summed E-state index contributed by atoms with van der Waals surface area (Å²) in [6.07, 6.45) is 1.27. The number of hydrogen-bond acceptors (Lipinski definition) is 4. The average Bonchev–Trinajstić information content (AvgIpc) is 2.79. The van der Waals surface area contributed by atoms with Crippen molar-refractivity contribution in [3.05, 3.63) is 47.9 Å². The van der Waals surface area contributed by atoms with Gasteiger partial charge < -0.3 is 9.84 Å². The van der Waals surface area contributed by atoms with E-state index in [0.717, 1.165) is 0 Å². The molecule has 1 atom stereocenters. The molecule has 1 heterocycles. The van der Waals surface area contributed by atoms with Gasteiger partial charge in [0.05, 0.1) is 6.54 Å². The third-order valence-corrected chi connectivity index (χ3v) is 2.35. The van der Waals surface area contributed by atoms with E-state index in [1.165, 1.54) is 12.5 Å². The van der Waals surface area contributed by atoms with E-state index in [-0.39, 0.29) is 11.9 Å². The Morgan fingerprint density at radius 1 is 1.44 bits per heavy atom. The molecule has 4 nitrogen and oxygen atoms in total. The van der Waals surface area contributed by atoms with Crippen LogP contribution in [0.3, 0.4) is 0 Å². The third-order valence-electron chi connectivity index (χ3n) is 2.35. The number of nitrogens with one attached hydrogen (secondary N) is 1. The van der Waals surface area contributed by atoms with Crippen molar-refractivity contribution in [2.75, 3.05) is 0 Å². The lowest BCUT2D eigenvalue weighted by molar-refractivity contribution is 0.404. The zero-order valence-corrected chi connectivity index (χ0v) is 8.85. The van der Waals surface area contributed by atoms with Crippen LogP contribution in [0.4, 0.5) is 4.39 Å². The van der Waals surface area contributed by atoms with E-state index in [1.807, 2.05) is 13.0 Å². The van der Waals surface area contributed by atoms with Crippen LogP contribution in [0, 0.1) is 5.82 Å². The Morgan fingerprint density at radius 3 is 2.94 bits per heavy atom. The van der Waals surface area contributed by atoms with Gasteiger partial charge in [-0.15, -0.1) is 0 Å². The smallest absolute Gasteiger partial charge is 0.213 e. The van der Waals surface area contributed by atoms with E-state index in [1.54, 1.807) is 12.1 Å². The fourth-order valence-electron chi connectivity index (χ4n) is 1.45. The highest BCUT2D eigenvalue weighted by Gasteiger charge is 2.10. The maximum Gasteiger partial charge on any atom is 0.213 e. The van der Waals surface area contributed by atoms with E-state index < -0.39 is 0 Å². The monoisotopic (exact) mass is 221 g/mol. The highest BCUT2D eigenvalue weighted by Crippen LogP contribution is 2.16. The predicted molar refractivity (Wildman–Crippen MR) is 56.0 cm³/mol. The molecule has 1 N–H and O–H groups in total. The van der Waals surface area contributed by atoms with Crippen molar-refractivity contribution in [2.45, 2.75) is 19.5 Å². The van der Waals surface area contributed by atoms with Crippen LogP contribution in [-0.4, -0.2) is 10.1 Å². The van der Waals surface area contributed by atoms with Gasteiger partial charge in [-0.25, -0.2) is 4.39 Å². The van der Waals surface area contributed by atoms with Crippen LogP contribution in [0.2, 0.25) is 0 Å². The van der Waals surface area contributed by atoms with Gasteiger partial charge in [-0.3, -0.25) is 0 Å². The van der Waals surface area contributed by atoms with Crippen LogP contribution in [0.25, 0.3) is 0 Å². The molecule has 0 saturated heterocycles. The number of nitrogens with zero attached hydrogens (tertiary/aromatic N) is 2. The molecule has 0 amide bonds. The fourth-order valence-corrected chi connectivity index (χ4v) is 1.45. The zero-order chi connectivity index (χ0) is 11.4. The Labute approximate surface area is 92.5 Å². The molecule has 5 heteroatoms. The first-order chi connectivity index (χ1) is 7.77. The minimum absolute atomic E-state index is 0.0975. The maximum atomic E-state index is 13.4. The molecular formula is C11H12FN3O. The van der Waals surface area contributed by atoms with Crippen LogP contribution in [-0.2, 0) is 6.54 Å². The summed E-state index contributed by atoms with van der Waals surface area (Å²) >= 11 is 0. The summed E-state index contributed by atoms with van der Waals surface area (Å²) < 4.78 is 18.0. The molecule has 0 fully saturated rings. The highest BCUT2D eigenvalue weighted by molar-refractivity contribution is 5.20. The van der Waals surface area contributed by atoms with Gasteiger partial charge in [0.2, 0.25) is 6.39 Å². The third kappa shape index (κ3) is 2.43. The molecule has 1 aromatic carbocycles. The molecule has 0 aliphatic carbocycles. The first kappa shape index (κ1) is 10.8. The molecule has 2 aromatic rings. The van der Waals surface area contributed by atoms with E-state index in [2.05, 4.69) is 20.0 Å². The van der Waals surface area contributed by atoms with Crippen LogP contribution < -0.4 is 5.32 Å². The zero-order valence-electron chi connectivity index (χ0n) is 8.85. The van der Waals surface area contributed by atoms with Gasteiger partial charge in [-0.2, -0.15) is 4.98 Å². The van der Waals surface area contributed by atoms with Crippen molar-refractivity contribution in [1.29, 1.82) is 0 Å². The van der Waals surface area contributed by atoms with Gasteiger partial charge in [-0.1, -0.05) is 23.4 Å². The maximum absolute atomic E-state index is 13.4. The van der Waals surface area contributed by atoms with E-state index in [0.29, 0.717) is 17.9 Å². The molecule has 0 aliphatic heterocycles. The number of benzene rings is 1. The van der Waals surface area contributed by atoms with Gasteiger partial charge in [0.1, 0.15) is 5.82 Å². The Bertz CT molecular complexity index is 444. The molecule has 0 aliphatic rings. The second-order valence-electron chi connectivity index (χ2n) is 3.47. The van der Waals surface area contributed by atoms with Crippen LogP contribution >= 0.6 is 0 Å². The lowest BCUT2D eigenvalue weighted by Crippen LogP contribution is -2.19. The molecule has 0 saturated carbocycles. The second-order valence-corrected chi connectivity index (χ2v) is 3.47. The number of rotatable bonds is 4. The Balaban J connectivity index is 1.98. The summed E-state index contributed by atoms with van der Waals surface area (Å²) in [4.78, 5) is 3.87. The highest BCUT2D eigenvalue weighted by atomic mass is 19.1. The Morgan fingerprint density at radius 2 is 2.25 bits per heavy atom. The van der Waals surface area contributed by atoms with Gasteiger partial charge in [0.15, 0.2) is 5.82 Å². The van der Waals surface area contributed by atoms with Gasteiger partial charge >= 0.3 is 0 Å². The number of aromatic nitrogens is 2. The summed E-state index contributed by atoms with van der Waals surface area (Å²) in [5.74, 6) is 0.346. The Kier molecular flexibility index (Phi) is 3.26. The summed E-state index contributed by atoms with van der Waals surface area (Å²) in [6.45, 7) is 2.34. The predicted octanol–water partition coefficient (Wildman–Crippen LogP) is 2.06. The molecular weight excluding hydrogens is 209 g/mol. The molecule has 1 unspecified atom stereocenters. The largest absolute Gasteiger partial charge is 0.343 e. The average molecular weight is 221 g/mol. The van der Waals surface area contributed by atoms with Crippen molar-refractivity contribution >= 4 is 0 Å². The summed E-state index contributed by atoms with van der Waals surface area (Å²) in [7, 11) is 0. The molecule has 0 bridgehead atoms. The van der Waals surface area contributed by atoms with Gasteiger partial charge in [-0.05, 0) is 13.0 Å². The van der Waals surface area contributed by atoms with Crippen molar-refractivity contribution in [2.24, 2.45) is 0 Å². The SMILES string of the molecule is CC(NCc1ncon1)c1ccccc1F. The van der Waals surface area contributed by atoms with Crippen LogP contribution in [0.15, 0.2) is 35.2 Å². The first-order valence-corrected chi connectivity index (χ1v) is 5.00. The van der Waals surface area contributed by atoms with Crippen molar-refractivity contribution in [3.8, 4) is 0 Å². The number of hydrogen-bond donors (Lipinski definition) is 1. The van der Waals surface area contributed by atoms with Crippen LogP contribution in [0.5, 0.6) is 0 Å². The van der Waals surface area contributed by atoms with Gasteiger partial charge in [0, 0.05) is 11.6 Å². The standard InChI is InChI=1S/C11H12FN3O/c1-8(9-4-2-3-5-10(9)12)13-6-11-14-7-16-15-11/h2-5,7-8,13H,6H2,1H3. The van der Waals surface area contributed by atoms with E-state index >= 15 is 0 Å². The fraction of sp³-hybridized carbons (Fsp3) is 0.273. The van der Waals surface area contributed by atoms with Gasteiger partial charge in [0.25, 0.3) is 0 Å². The summed E-state index contributed by atoms with van der Waals surface area (Å²) in [5.41, 5.74) is 0.631. The minimum Gasteiger partial charge on any atom is -0.343 e. The van der Waals surface area contributed by atoms with E-state index in [9.17, 15) is 4.39 Å². The lowest BCUT2D eigenvalue weighted by Gasteiger charge is -2.13. The molecule has 0 radical (unpaired) electrons. The second kappa shape index (κ2) is 4.85. The van der Waals surface area contributed by atoms with E-state index in [4.69, 9.17) is 0 Å².